The molecular weight excluding hydrogens is 282 g/mol. The maximum absolute atomic E-state index is 5.28. The zero-order valence-electron chi connectivity index (χ0n) is 9.57. The van der Waals surface area contributed by atoms with Crippen molar-refractivity contribution in [2.45, 2.75) is 13.2 Å². The molecule has 0 bridgehead atoms. The van der Waals surface area contributed by atoms with Gasteiger partial charge in [-0.1, -0.05) is 22.0 Å². The molecule has 1 heterocycles. The monoisotopic (exact) mass is 295 g/mol. The largest absolute Gasteiger partial charge is 0.467 e. The molecule has 90 valence electrons. The highest BCUT2D eigenvalue weighted by Gasteiger charge is 2.06. The Morgan fingerprint density at radius 2 is 2.18 bits per heavy atom. The van der Waals surface area contributed by atoms with Crippen molar-refractivity contribution in [3.8, 4) is 0 Å². The summed E-state index contributed by atoms with van der Waals surface area (Å²) in [5.74, 6) is 0.911. The molecule has 4 heteroatoms. The smallest absolute Gasteiger partial charge is 0.122 e. The molecule has 3 nitrogen and oxygen atoms in total. The zero-order valence-corrected chi connectivity index (χ0v) is 11.2. The Kier molecular flexibility index (Phi) is 4.23. The molecule has 1 aromatic carbocycles. The molecule has 0 unspecified atom stereocenters. The number of ether oxygens (including phenoxy) is 1. The standard InChI is InChI=1S/C13H14BrNO2/c1-16-9-11-12(14)5-2-6-13(11)15-8-10-4-3-7-17-10/h2-7,15H,8-9H2,1H3. The van der Waals surface area contributed by atoms with Gasteiger partial charge in [0.25, 0.3) is 0 Å². The Hall–Kier alpha value is -1.26. The molecule has 2 aromatic rings. The van der Waals surface area contributed by atoms with E-state index in [9.17, 15) is 0 Å². The molecule has 0 radical (unpaired) electrons. The van der Waals surface area contributed by atoms with E-state index in [1.807, 2.05) is 30.3 Å². The quantitative estimate of drug-likeness (QED) is 0.911. The second-order valence-corrected chi connectivity index (χ2v) is 4.49. The van der Waals surface area contributed by atoms with Gasteiger partial charge in [0.05, 0.1) is 19.4 Å². The lowest BCUT2D eigenvalue weighted by molar-refractivity contribution is 0.185. The first-order chi connectivity index (χ1) is 8.31. The molecule has 17 heavy (non-hydrogen) atoms. The molecule has 0 aliphatic heterocycles. The minimum Gasteiger partial charge on any atom is -0.467 e. The van der Waals surface area contributed by atoms with Gasteiger partial charge in [0.15, 0.2) is 0 Å². The molecule has 0 aliphatic carbocycles. The topological polar surface area (TPSA) is 34.4 Å². The highest BCUT2D eigenvalue weighted by atomic mass is 79.9. The maximum Gasteiger partial charge on any atom is 0.122 e. The predicted octanol–water partition coefficient (Wildman–Crippen LogP) is 3.80. The summed E-state index contributed by atoms with van der Waals surface area (Å²) < 4.78 is 11.5. The van der Waals surface area contributed by atoms with Gasteiger partial charge in [0.1, 0.15) is 5.76 Å². The number of furan rings is 1. The van der Waals surface area contributed by atoms with E-state index in [4.69, 9.17) is 9.15 Å². The maximum atomic E-state index is 5.28. The van der Waals surface area contributed by atoms with Crippen LogP contribution in [0, 0.1) is 0 Å². The van der Waals surface area contributed by atoms with Crippen molar-refractivity contribution in [2.75, 3.05) is 12.4 Å². The second-order valence-electron chi connectivity index (χ2n) is 3.63. The number of methoxy groups -OCH3 is 1. The van der Waals surface area contributed by atoms with Crippen LogP contribution in [0.2, 0.25) is 0 Å². The van der Waals surface area contributed by atoms with Crippen LogP contribution in [0.25, 0.3) is 0 Å². The highest BCUT2D eigenvalue weighted by Crippen LogP contribution is 2.26. The molecular formula is C13H14BrNO2. The minimum atomic E-state index is 0.571. The lowest BCUT2D eigenvalue weighted by Crippen LogP contribution is -2.03. The average Bonchev–Trinajstić information content (AvgIpc) is 2.83. The van der Waals surface area contributed by atoms with Gasteiger partial charge in [-0.15, -0.1) is 0 Å². The molecule has 0 saturated heterocycles. The van der Waals surface area contributed by atoms with Crippen molar-refractivity contribution >= 4 is 21.6 Å². The van der Waals surface area contributed by atoms with E-state index >= 15 is 0 Å². The fourth-order valence-electron chi connectivity index (χ4n) is 1.61. The fourth-order valence-corrected chi connectivity index (χ4v) is 2.09. The van der Waals surface area contributed by atoms with Crippen molar-refractivity contribution in [2.24, 2.45) is 0 Å². The van der Waals surface area contributed by atoms with Gasteiger partial charge >= 0.3 is 0 Å². The van der Waals surface area contributed by atoms with E-state index in [0.717, 1.165) is 21.5 Å². The van der Waals surface area contributed by atoms with Crippen molar-refractivity contribution < 1.29 is 9.15 Å². The molecule has 0 saturated carbocycles. The number of halogens is 1. The van der Waals surface area contributed by atoms with Crippen LogP contribution >= 0.6 is 15.9 Å². The van der Waals surface area contributed by atoms with Crippen molar-refractivity contribution in [3.63, 3.8) is 0 Å². The Bertz CT molecular complexity index is 468. The van der Waals surface area contributed by atoms with Crippen LogP contribution in [-0.2, 0) is 17.9 Å². The van der Waals surface area contributed by atoms with E-state index < -0.39 is 0 Å². The van der Waals surface area contributed by atoms with Crippen molar-refractivity contribution in [1.29, 1.82) is 0 Å². The zero-order chi connectivity index (χ0) is 12.1. The predicted molar refractivity (Wildman–Crippen MR) is 70.9 cm³/mol. The first kappa shape index (κ1) is 12.2. The summed E-state index contributed by atoms with van der Waals surface area (Å²) in [6.45, 7) is 1.24. The van der Waals surface area contributed by atoms with E-state index in [1.54, 1.807) is 13.4 Å². The summed E-state index contributed by atoms with van der Waals surface area (Å²) in [7, 11) is 1.69. The molecule has 2 rings (SSSR count). The van der Waals surface area contributed by atoms with Crippen LogP contribution in [0.1, 0.15) is 11.3 Å². The molecule has 0 aliphatic rings. The molecule has 0 amide bonds. The summed E-state index contributed by atoms with van der Waals surface area (Å²) in [6, 6.07) is 9.86. The fraction of sp³-hybridized carbons (Fsp3) is 0.231. The summed E-state index contributed by atoms with van der Waals surface area (Å²) in [4.78, 5) is 0. The lowest BCUT2D eigenvalue weighted by atomic mass is 10.2. The summed E-state index contributed by atoms with van der Waals surface area (Å²) >= 11 is 3.52. The van der Waals surface area contributed by atoms with Gasteiger partial charge in [-0.25, -0.2) is 0 Å². The summed E-state index contributed by atoms with van der Waals surface area (Å²) in [6.07, 6.45) is 1.67. The Labute approximate surface area is 109 Å². The van der Waals surface area contributed by atoms with Gasteiger partial charge in [0, 0.05) is 22.8 Å². The molecule has 0 spiro atoms. The normalized spacial score (nSPS) is 10.5. The van der Waals surface area contributed by atoms with Crippen molar-refractivity contribution in [1.82, 2.24) is 0 Å². The number of hydrogen-bond acceptors (Lipinski definition) is 3. The van der Waals surface area contributed by atoms with Gasteiger partial charge < -0.3 is 14.5 Å². The number of anilines is 1. The van der Waals surface area contributed by atoms with E-state index in [-0.39, 0.29) is 0 Å². The van der Waals surface area contributed by atoms with Crippen LogP contribution in [0.15, 0.2) is 45.5 Å². The summed E-state index contributed by atoms with van der Waals surface area (Å²) in [5.41, 5.74) is 2.17. The molecule has 1 N–H and O–H groups in total. The first-order valence-corrected chi connectivity index (χ1v) is 6.13. The van der Waals surface area contributed by atoms with Gasteiger partial charge in [-0.05, 0) is 24.3 Å². The number of rotatable bonds is 5. The third-order valence-corrected chi connectivity index (χ3v) is 3.18. The van der Waals surface area contributed by atoms with Crippen LogP contribution in [0.3, 0.4) is 0 Å². The Morgan fingerprint density at radius 1 is 1.29 bits per heavy atom. The van der Waals surface area contributed by atoms with Crippen LogP contribution < -0.4 is 5.32 Å². The third kappa shape index (κ3) is 3.11. The van der Waals surface area contributed by atoms with Gasteiger partial charge in [-0.3, -0.25) is 0 Å². The van der Waals surface area contributed by atoms with Crippen molar-refractivity contribution in [3.05, 3.63) is 52.4 Å². The minimum absolute atomic E-state index is 0.571. The van der Waals surface area contributed by atoms with Crippen LogP contribution in [-0.4, -0.2) is 7.11 Å². The third-order valence-electron chi connectivity index (χ3n) is 2.44. The van der Waals surface area contributed by atoms with Crippen LogP contribution in [0.4, 0.5) is 5.69 Å². The molecule has 1 aromatic heterocycles. The first-order valence-electron chi connectivity index (χ1n) is 5.34. The Morgan fingerprint density at radius 3 is 2.88 bits per heavy atom. The van der Waals surface area contributed by atoms with Gasteiger partial charge in [0.2, 0.25) is 0 Å². The lowest BCUT2D eigenvalue weighted by Gasteiger charge is -2.12. The molecule has 0 fully saturated rings. The second kappa shape index (κ2) is 5.89. The molecule has 0 atom stereocenters. The number of nitrogens with one attached hydrogen (secondary N) is 1. The number of benzene rings is 1. The van der Waals surface area contributed by atoms with E-state index in [0.29, 0.717) is 13.2 Å². The van der Waals surface area contributed by atoms with E-state index in [1.165, 1.54) is 0 Å². The number of hydrogen-bond donors (Lipinski definition) is 1. The SMILES string of the molecule is COCc1c(Br)cccc1NCc1ccco1. The highest BCUT2D eigenvalue weighted by molar-refractivity contribution is 9.10. The average molecular weight is 296 g/mol. The van der Waals surface area contributed by atoms with E-state index in [2.05, 4.69) is 21.2 Å². The Balaban J connectivity index is 2.11. The van der Waals surface area contributed by atoms with Gasteiger partial charge in [-0.2, -0.15) is 0 Å². The van der Waals surface area contributed by atoms with Crippen LogP contribution in [0.5, 0.6) is 0 Å². The summed E-state index contributed by atoms with van der Waals surface area (Å²) in [5, 5.41) is 3.34.